The molecular formula is C27H33F3N2O5. The summed E-state index contributed by atoms with van der Waals surface area (Å²) in [6.07, 6.45) is -3.86. The Hall–Kier alpha value is -2.95. The maximum atomic E-state index is 13.3. The van der Waals surface area contributed by atoms with Gasteiger partial charge in [0.05, 0.1) is 18.8 Å². The van der Waals surface area contributed by atoms with Gasteiger partial charge in [0.2, 0.25) is 0 Å². The van der Waals surface area contributed by atoms with Crippen molar-refractivity contribution in [1.82, 2.24) is 9.80 Å². The number of carboxylic acid groups (broad SMARTS) is 1. The quantitative estimate of drug-likeness (QED) is 0.560. The molecule has 1 N–H and O–H groups in total. The zero-order chi connectivity index (χ0) is 27.1. The Labute approximate surface area is 214 Å². The van der Waals surface area contributed by atoms with Crippen LogP contribution in [0.15, 0.2) is 54.6 Å². The Balaban J connectivity index is 0.000000479. The minimum absolute atomic E-state index is 0.0924. The third-order valence-corrected chi connectivity index (χ3v) is 6.64. The molecule has 37 heavy (non-hydrogen) atoms. The molecule has 1 amide bonds. The third kappa shape index (κ3) is 6.88. The second-order valence-electron chi connectivity index (χ2n) is 9.16. The summed E-state index contributed by atoms with van der Waals surface area (Å²) in [7, 11) is 1.67. The number of carboxylic acids is 1. The molecule has 0 saturated carbocycles. The van der Waals surface area contributed by atoms with E-state index in [9.17, 15) is 18.0 Å². The molecule has 2 unspecified atom stereocenters. The van der Waals surface area contributed by atoms with E-state index in [-0.39, 0.29) is 11.4 Å². The van der Waals surface area contributed by atoms with Gasteiger partial charge in [0, 0.05) is 39.7 Å². The fourth-order valence-corrected chi connectivity index (χ4v) is 4.89. The number of hydrogen-bond donors (Lipinski definition) is 1. The van der Waals surface area contributed by atoms with Gasteiger partial charge in [-0.2, -0.15) is 13.2 Å². The average Bonchev–Trinajstić information content (AvgIpc) is 3.45. The highest BCUT2D eigenvalue weighted by Crippen LogP contribution is 2.47. The van der Waals surface area contributed by atoms with Gasteiger partial charge in [-0.1, -0.05) is 61.5 Å². The van der Waals surface area contributed by atoms with Gasteiger partial charge in [-0.05, 0) is 23.1 Å². The highest BCUT2D eigenvalue weighted by Gasteiger charge is 2.52. The molecule has 2 heterocycles. The van der Waals surface area contributed by atoms with Crippen molar-refractivity contribution >= 4 is 11.9 Å². The van der Waals surface area contributed by atoms with E-state index in [1.54, 1.807) is 7.11 Å². The Bertz CT molecular complexity index is 1050. The molecule has 2 aromatic carbocycles. The molecule has 0 radical (unpaired) electrons. The van der Waals surface area contributed by atoms with Gasteiger partial charge in [0.25, 0.3) is 5.91 Å². The van der Waals surface area contributed by atoms with E-state index in [4.69, 9.17) is 19.4 Å². The number of amides is 1. The molecule has 1 fully saturated rings. The lowest BCUT2D eigenvalue weighted by molar-refractivity contribution is -0.192. The van der Waals surface area contributed by atoms with E-state index in [2.05, 4.69) is 60.4 Å². The Kier molecular flexibility index (Phi) is 9.69. The monoisotopic (exact) mass is 522 g/mol. The third-order valence-electron chi connectivity index (χ3n) is 6.64. The number of alkyl halides is 3. The molecule has 2 atom stereocenters. The van der Waals surface area contributed by atoms with Crippen molar-refractivity contribution in [3.05, 3.63) is 71.3 Å². The zero-order valence-corrected chi connectivity index (χ0v) is 21.0. The summed E-state index contributed by atoms with van der Waals surface area (Å²) in [6, 6.07) is 19.2. The van der Waals surface area contributed by atoms with Crippen molar-refractivity contribution in [1.29, 1.82) is 0 Å². The smallest absolute Gasteiger partial charge is 0.475 e. The fourth-order valence-electron chi connectivity index (χ4n) is 4.89. The molecule has 0 bridgehead atoms. The number of benzene rings is 2. The van der Waals surface area contributed by atoms with Crippen LogP contribution in [0.5, 0.6) is 0 Å². The van der Waals surface area contributed by atoms with Gasteiger partial charge in [0.15, 0.2) is 0 Å². The minimum atomic E-state index is -5.08. The van der Waals surface area contributed by atoms with E-state index < -0.39 is 18.2 Å². The first-order valence-electron chi connectivity index (χ1n) is 12.2. The number of aliphatic carboxylic acids is 1. The molecule has 1 saturated heterocycles. The summed E-state index contributed by atoms with van der Waals surface area (Å²) in [5, 5.41) is 7.12. The van der Waals surface area contributed by atoms with E-state index >= 15 is 0 Å². The fraction of sp³-hybridized carbons (Fsp3) is 0.481. The number of rotatable bonds is 8. The van der Waals surface area contributed by atoms with Crippen molar-refractivity contribution in [2.75, 3.05) is 33.4 Å². The van der Waals surface area contributed by atoms with Gasteiger partial charge < -0.3 is 19.5 Å². The second-order valence-corrected chi connectivity index (χ2v) is 9.16. The number of carbonyl (C=O) groups is 2. The summed E-state index contributed by atoms with van der Waals surface area (Å²) in [4.78, 5) is 26.6. The largest absolute Gasteiger partial charge is 0.490 e. The van der Waals surface area contributed by atoms with Crippen LogP contribution in [0.4, 0.5) is 13.2 Å². The Morgan fingerprint density at radius 1 is 1.14 bits per heavy atom. The molecule has 7 nitrogen and oxygen atoms in total. The number of halogens is 3. The molecular weight excluding hydrogens is 489 g/mol. The summed E-state index contributed by atoms with van der Waals surface area (Å²) >= 11 is 0. The second kappa shape index (κ2) is 12.5. The highest BCUT2D eigenvalue weighted by molar-refractivity contribution is 5.81. The molecule has 2 aliphatic rings. The standard InChI is InChI=1S/C25H32N2O3.C2HF3O2/c1-3-13-26(14-15-29-2)24(28)23-16-25(19-30-23)22-12-8-7-11-21(22)18-27(25)17-20-9-5-4-6-10-20;3-2(4,5)1(6)7/h4-12,23H,3,13-19H2,1-2H3;(H,6,7). The van der Waals surface area contributed by atoms with Gasteiger partial charge in [-0.15, -0.1) is 0 Å². The summed E-state index contributed by atoms with van der Waals surface area (Å²) in [5.41, 5.74) is 3.70. The van der Waals surface area contributed by atoms with Crippen LogP contribution in [-0.4, -0.2) is 72.5 Å². The lowest BCUT2D eigenvalue weighted by Crippen LogP contribution is -2.44. The lowest BCUT2D eigenvalue weighted by Gasteiger charge is -2.35. The first-order valence-corrected chi connectivity index (χ1v) is 12.2. The van der Waals surface area contributed by atoms with Crippen LogP contribution < -0.4 is 0 Å². The van der Waals surface area contributed by atoms with Crippen LogP contribution in [0.2, 0.25) is 0 Å². The van der Waals surface area contributed by atoms with E-state index in [0.29, 0.717) is 26.2 Å². The maximum Gasteiger partial charge on any atom is 0.490 e. The van der Waals surface area contributed by atoms with Crippen molar-refractivity contribution < 1.29 is 37.3 Å². The molecule has 4 rings (SSSR count). The number of hydrogen-bond acceptors (Lipinski definition) is 5. The van der Waals surface area contributed by atoms with Crippen LogP contribution in [0.25, 0.3) is 0 Å². The van der Waals surface area contributed by atoms with Gasteiger partial charge >= 0.3 is 12.1 Å². The summed E-state index contributed by atoms with van der Waals surface area (Å²) in [6.45, 7) is 6.28. The first kappa shape index (κ1) is 28.6. The SMILES string of the molecule is CCCN(CCOC)C(=O)C1CC2(CO1)c1ccccc1CN2Cc1ccccc1.O=C(O)C(F)(F)F. The lowest BCUT2D eigenvalue weighted by atomic mass is 9.86. The predicted octanol–water partition coefficient (Wildman–Crippen LogP) is 4.20. The van der Waals surface area contributed by atoms with Crippen molar-refractivity contribution in [2.24, 2.45) is 0 Å². The Morgan fingerprint density at radius 3 is 2.41 bits per heavy atom. The topological polar surface area (TPSA) is 79.3 Å². The van der Waals surface area contributed by atoms with Crippen LogP contribution in [0, 0.1) is 0 Å². The number of carbonyl (C=O) groups excluding carboxylic acids is 1. The van der Waals surface area contributed by atoms with Crippen LogP contribution in [0.1, 0.15) is 36.5 Å². The summed E-state index contributed by atoms with van der Waals surface area (Å²) in [5.74, 6) is -2.66. The molecule has 202 valence electrons. The average molecular weight is 523 g/mol. The highest BCUT2D eigenvalue weighted by atomic mass is 19.4. The van der Waals surface area contributed by atoms with E-state index in [0.717, 1.165) is 26.1 Å². The predicted molar refractivity (Wildman–Crippen MR) is 131 cm³/mol. The number of methoxy groups -OCH3 is 1. The van der Waals surface area contributed by atoms with Crippen molar-refractivity contribution in [3.8, 4) is 0 Å². The van der Waals surface area contributed by atoms with Crippen LogP contribution in [-0.2, 0) is 37.7 Å². The number of ether oxygens (including phenoxy) is 2. The minimum Gasteiger partial charge on any atom is -0.475 e. The van der Waals surface area contributed by atoms with E-state index in [1.807, 2.05) is 11.0 Å². The van der Waals surface area contributed by atoms with Crippen molar-refractivity contribution in [2.45, 2.75) is 50.7 Å². The molecule has 1 spiro atoms. The molecule has 10 heteroatoms. The molecule has 0 aliphatic carbocycles. The first-order chi connectivity index (χ1) is 17.6. The van der Waals surface area contributed by atoms with Gasteiger partial charge in [-0.3, -0.25) is 9.69 Å². The molecule has 2 aromatic rings. The van der Waals surface area contributed by atoms with Gasteiger partial charge in [-0.25, -0.2) is 4.79 Å². The van der Waals surface area contributed by atoms with Crippen molar-refractivity contribution in [3.63, 3.8) is 0 Å². The number of fused-ring (bicyclic) bond motifs is 2. The van der Waals surface area contributed by atoms with Crippen LogP contribution in [0.3, 0.4) is 0 Å². The van der Waals surface area contributed by atoms with Crippen LogP contribution >= 0.6 is 0 Å². The number of nitrogens with zero attached hydrogens (tertiary/aromatic N) is 2. The zero-order valence-electron chi connectivity index (χ0n) is 21.0. The normalized spacial score (nSPS) is 20.8. The molecule has 0 aromatic heterocycles. The Morgan fingerprint density at radius 2 is 1.78 bits per heavy atom. The maximum absolute atomic E-state index is 13.3. The van der Waals surface area contributed by atoms with E-state index in [1.165, 1.54) is 16.7 Å². The molecule has 2 aliphatic heterocycles. The summed E-state index contributed by atoms with van der Waals surface area (Å²) < 4.78 is 43.2. The van der Waals surface area contributed by atoms with Gasteiger partial charge in [0.1, 0.15) is 6.10 Å².